The van der Waals surface area contributed by atoms with Gasteiger partial charge in [-0.25, -0.2) is 0 Å². The Labute approximate surface area is 102 Å². The Kier molecular flexibility index (Phi) is 1.67. The lowest BCUT2D eigenvalue weighted by Gasteiger charge is -2.50. The highest BCUT2D eigenvalue weighted by molar-refractivity contribution is 5.96. The molecular formula is C15H17NO. The van der Waals surface area contributed by atoms with E-state index in [4.69, 9.17) is 0 Å². The number of para-hydroxylation sites is 1. The predicted octanol–water partition coefficient (Wildman–Crippen LogP) is 2.86. The van der Waals surface area contributed by atoms with Gasteiger partial charge in [-0.1, -0.05) is 24.6 Å². The summed E-state index contributed by atoms with van der Waals surface area (Å²) in [5.74, 6) is 1.04. The van der Waals surface area contributed by atoms with Crippen molar-refractivity contribution in [2.75, 3.05) is 4.90 Å². The van der Waals surface area contributed by atoms with Gasteiger partial charge in [-0.3, -0.25) is 4.79 Å². The van der Waals surface area contributed by atoms with Crippen molar-refractivity contribution in [3.8, 4) is 0 Å². The summed E-state index contributed by atoms with van der Waals surface area (Å²) in [6.07, 6.45) is 5.19. The van der Waals surface area contributed by atoms with Crippen molar-refractivity contribution in [2.24, 2.45) is 5.92 Å². The number of hydrogen-bond acceptors (Lipinski definition) is 1. The van der Waals surface area contributed by atoms with Crippen LogP contribution in [-0.2, 0) is 10.2 Å². The van der Waals surface area contributed by atoms with E-state index in [9.17, 15) is 4.79 Å². The molecule has 0 saturated heterocycles. The van der Waals surface area contributed by atoms with Crippen LogP contribution in [0, 0.1) is 5.92 Å². The first-order valence-corrected chi connectivity index (χ1v) is 6.64. The van der Waals surface area contributed by atoms with Gasteiger partial charge in [0.2, 0.25) is 5.91 Å². The lowest BCUT2D eigenvalue weighted by atomic mass is 9.56. The van der Waals surface area contributed by atoms with E-state index in [1.807, 2.05) is 0 Å². The van der Waals surface area contributed by atoms with Gasteiger partial charge in [-0.2, -0.15) is 0 Å². The molecule has 2 aliphatic carbocycles. The smallest absolute Gasteiger partial charge is 0.224 e. The van der Waals surface area contributed by atoms with Crippen LogP contribution in [0.5, 0.6) is 0 Å². The van der Waals surface area contributed by atoms with Crippen LogP contribution in [0.1, 0.15) is 38.2 Å². The van der Waals surface area contributed by atoms with E-state index in [2.05, 4.69) is 29.2 Å². The van der Waals surface area contributed by atoms with E-state index < -0.39 is 0 Å². The third-order valence-corrected chi connectivity index (χ3v) is 5.29. The normalized spacial score (nSPS) is 37.1. The molecular weight excluding hydrogens is 210 g/mol. The van der Waals surface area contributed by atoms with Crippen LogP contribution in [0.15, 0.2) is 24.3 Å². The monoisotopic (exact) mass is 227 g/mol. The van der Waals surface area contributed by atoms with Crippen molar-refractivity contribution >= 4 is 11.6 Å². The van der Waals surface area contributed by atoms with Crippen LogP contribution < -0.4 is 4.90 Å². The summed E-state index contributed by atoms with van der Waals surface area (Å²) in [7, 11) is 0. The highest BCUT2D eigenvalue weighted by atomic mass is 16.2. The van der Waals surface area contributed by atoms with Gasteiger partial charge in [0.1, 0.15) is 0 Å². The van der Waals surface area contributed by atoms with Crippen LogP contribution in [0.2, 0.25) is 0 Å². The Balaban J connectivity index is 1.94. The van der Waals surface area contributed by atoms with Gasteiger partial charge in [0.05, 0.1) is 0 Å². The van der Waals surface area contributed by atoms with Crippen LogP contribution in [0.3, 0.4) is 0 Å². The van der Waals surface area contributed by atoms with Crippen LogP contribution in [0.25, 0.3) is 0 Å². The van der Waals surface area contributed by atoms with Gasteiger partial charge >= 0.3 is 0 Å². The average Bonchev–Trinajstić information content (AvgIpc) is 2.74. The van der Waals surface area contributed by atoms with Gasteiger partial charge in [0, 0.05) is 24.1 Å². The number of rotatable bonds is 0. The zero-order valence-electron chi connectivity index (χ0n) is 10.1. The van der Waals surface area contributed by atoms with Crippen molar-refractivity contribution in [3.05, 3.63) is 29.8 Å². The van der Waals surface area contributed by atoms with Crippen molar-refractivity contribution in [2.45, 2.75) is 44.1 Å². The van der Waals surface area contributed by atoms with E-state index in [0.717, 1.165) is 5.92 Å². The average molecular weight is 227 g/mol. The van der Waals surface area contributed by atoms with Gasteiger partial charge in [-0.05, 0) is 36.8 Å². The topological polar surface area (TPSA) is 20.3 Å². The van der Waals surface area contributed by atoms with Gasteiger partial charge in [0.15, 0.2) is 0 Å². The number of carbonyl (C=O) groups excluding carboxylic acids is 1. The first-order chi connectivity index (χ1) is 8.25. The fraction of sp³-hybridized carbons (Fsp3) is 0.533. The molecule has 4 rings (SSSR count). The maximum atomic E-state index is 11.9. The molecule has 3 aliphatic rings. The molecule has 1 aliphatic heterocycles. The maximum Gasteiger partial charge on any atom is 0.224 e. The van der Waals surface area contributed by atoms with Crippen molar-refractivity contribution in [1.82, 2.24) is 0 Å². The standard InChI is InChI=1S/C15H17NO/c1-10(17)16-13-7-3-2-6-12(13)15-8-4-5-11(15)9-14(15)16/h2-3,6-7,11,14H,4-5,8-9H2,1H3/t11-,14-,15-/m1/s1. The predicted molar refractivity (Wildman–Crippen MR) is 67.0 cm³/mol. The fourth-order valence-corrected chi connectivity index (χ4v) is 4.69. The molecule has 3 atom stereocenters. The number of amides is 1. The summed E-state index contributed by atoms with van der Waals surface area (Å²) in [4.78, 5) is 14.0. The molecule has 1 aromatic rings. The zero-order valence-corrected chi connectivity index (χ0v) is 10.1. The molecule has 1 aromatic carbocycles. The number of carbonyl (C=O) groups is 1. The summed E-state index contributed by atoms with van der Waals surface area (Å²) in [6, 6.07) is 9.02. The molecule has 1 spiro atoms. The Bertz CT molecular complexity index is 509. The number of hydrogen-bond donors (Lipinski definition) is 0. The zero-order chi connectivity index (χ0) is 11.6. The summed E-state index contributed by atoms with van der Waals surface area (Å²) in [5.41, 5.74) is 2.98. The number of fused-ring (bicyclic) bond motifs is 1. The quantitative estimate of drug-likeness (QED) is 0.667. The van der Waals surface area contributed by atoms with Crippen LogP contribution in [-0.4, -0.2) is 11.9 Å². The minimum atomic E-state index is 0.213. The molecule has 1 heterocycles. The second-order valence-electron chi connectivity index (χ2n) is 5.79. The second-order valence-corrected chi connectivity index (χ2v) is 5.79. The molecule has 0 unspecified atom stereocenters. The van der Waals surface area contributed by atoms with Crippen LogP contribution >= 0.6 is 0 Å². The highest BCUT2D eigenvalue weighted by Gasteiger charge is 2.65. The molecule has 1 amide bonds. The Hall–Kier alpha value is -1.31. The highest BCUT2D eigenvalue weighted by Crippen LogP contribution is 2.66. The first kappa shape index (κ1) is 9.69. The second kappa shape index (κ2) is 2.92. The minimum Gasteiger partial charge on any atom is -0.308 e. The van der Waals surface area contributed by atoms with Crippen LogP contribution in [0.4, 0.5) is 5.69 Å². The summed E-state index contributed by atoms with van der Waals surface area (Å²) >= 11 is 0. The molecule has 2 saturated carbocycles. The molecule has 0 aromatic heterocycles. The summed E-state index contributed by atoms with van der Waals surface area (Å²) < 4.78 is 0. The molecule has 2 heteroatoms. The lowest BCUT2D eigenvalue weighted by Crippen LogP contribution is -2.58. The Morgan fingerprint density at radius 3 is 3.00 bits per heavy atom. The molecule has 2 fully saturated rings. The third-order valence-electron chi connectivity index (χ3n) is 5.29. The van der Waals surface area contributed by atoms with Crippen molar-refractivity contribution < 1.29 is 4.79 Å². The molecule has 88 valence electrons. The van der Waals surface area contributed by atoms with E-state index >= 15 is 0 Å². The fourth-order valence-electron chi connectivity index (χ4n) is 4.69. The Morgan fingerprint density at radius 1 is 1.41 bits per heavy atom. The molecule has 2 nitrogen and oxygen atoms in total. The largest absolute Gasteiger partial charge is 0.308 e. The van der Waals surface area contributed by atoms with Gasteiger partial charge in [0.25, 0.3) is 0 Å². The van der Waals surface area contributed by atoms with E-state index in [-0.39, 0.29) is 5.91 Å². The number of nitrogens with zero attached hydrogens (tertiary/aromatic N) is 1. The lowest BCUT2D eigenvalue weighted by molar-refractivity contribution is -0.118. The van der Waals surface area contributed by atoms with Gasteiger partial charge in [-0.15, -0.1) is 0 Å². The first-order valence-electron chi connectivity index (χ1n) is 6.64. The molecule has 17 heavy (non-hydrogen) atoms. The van der Waals surface area contributed by atoms with Crippen molar-refractivity contribution in [1.29, 1.82) is 0 Å². The SMILES string of the molecule is CC(=O)N1c2ccccc2[C@@]23CCC[C@@H]2C[C@@H]13. The number of anilines is 1. The Morgan fingerprint density at radius 2 is 2.24 bits per heavy atom. The van der Waals surface area contributed by atoms with E-state index in [1.165, 1.54) is 36.9 Å². The molecule has 0 bridgehead atoms. The molecule has 0 radical (unpaired) electrons. The van der Waals surface area contributed by atoms with E-state index in [0.29, 0.717) is 11.5 Å². The van der Waals surface area contributed by atoms with Gasteiger partial charge < -0.3 is 4.90 Å². The summed E-state index contributed by atoms with van der Waals surface area (Å²) in [6.45, 7) is 1.71. The third kappa shape index (κ3) is 0.921. The maximum absolute atomic E-state index is 11.9. The number of benzene rings is 1. The van der Waals surface area contributed by atoms with Crippen molar-refractivity contribution in [3.63, 3.8) is 0 Å². The minimum absolute atomic E-state index is 0.213. The summed E-state index contributed by atoms with van der Waals surface area (Å²) in [5, 5.41) is 0. The van der Waals surface area contributed by atoms with E-state index in [1.54, 1.807) is 6.92 Å². The molecule has 0 N–H and O–H groups in total.